The lowest BCUT2D eigenvalue weighted by Crippen LogP contribution is -2.35. The Morgan fingerprint density at radius 1 is 1.23 bits per heavy atom. The van der Waals surface area contributed by atoms with Crippen molar-refractivity contribution in [1.82, 2.24) is 4.90 Å². The fourth-order valence-corrected chi connectivity index (χ4v) is 2.64. The van der Waals surface area contributed by atoms with Crippen molar-refractivity contribution in [3.05, 3.63) is 41.3 Å². The Balaban J connectivity index is 2.06. The molecule has 0 aliphatic heterocycles. The molecule has 8 heteroatoms. The van der Waals surface area contributed by atoms with Crippen molar-refractivity contribution in [2.24, 2.45) is 0 Å². The van der Waals surface area contributed by atoms with E-state index in [4.69, 9.17) is 30.2 Å². The van der Waals surface area contributed by atoms with Gasteiger partial charge in [-0.15, -0.1) is 0 Å². The van der Waals surface area contributed by atoms with Crippen LogP contribution in [-0.4, -0.2) is 51.8 Å². The Morgan fingerprint density at radius 3 is 2.62 bits per heavy atom. The number of furan rings is 1. The zero-order chi connectivity index (χ0) is 18.9. The van der Waals surface area contributed by atoms with Crippen LogP contribution in [-0.2, 0) is 16.1 Å². The Kier molecular flexibility index (Phi) is 7.77. The number of amides is 1. The predicted molar refractivity (Wildman–Crippen MR) is 99.0 cm³/mol. The third kappa shape index (κ3) is 5.66. The molecule has 2 rings (SSSR count). The molecule has 0 aliphatic rings. The molecule has 0 atom stereocenters. The molecule has 26 heavy (non-hydrogen) atoms. The van der Waals surface area contributed by atoms with Crippen LogP contribution in [0.4, 0.5) is 5.69 Å². The first-order valence-corrected chi connectivity index (χ1v) is 8.40. The maximum atomic E-state index is 12.5. The Bertz CT molecular complexity index is 706. The van der Waals surface area contributed by atoms with Gasteiger partial charge in [0.25, 0.3) is 0 Å². The monoisotopic (exact) mass is 382 g/mol. The second kappa shape index (κ2) is 10.1. The number of methoxy groups -OCH3 is 3. The summed E-state index contributed by atoms with van der Waals surface area (Å²) in [6, 6.07) is 6.91. The van der Waals surface area contributed by atoms with Gasteiger partial charge in [-0.1, -0.05) is 11.6 Å². The summed E-state index contributed by atoms with van der Waals surface area (Å²) >= 11 is 6.09. The lowest BCUT2D eigenvalue weighted by molar-refractivity contribution is -0.117. The minimum absolute atomic E-state index is 0.165. The lowest BCUT2D eigenvalue weighted by Gasteiger charge is -2.21. The van der Waals surface area contributed by atoms with Crippen LogP contribution < -0.4 is 14.8 Å². The number of hydrogen-bond donors (Lipinski definition) is 1. The summed E-state index contributed by atoms with van der Waals surface area (Å²) in [5.41, 5.74) is 0.489. The van der Waals surface area contributed by atoms with Crippen LogP contribution in [0, 0.1) is 0 Å². The Labute approximate surface area is 157 Å². The molecule has 142 valence electrons. The summed E-state index contributed by atoms with van der Waals surface area (Å²) in [7, 11) is 4.64. The molecule has 2 aromatic rings. The van der Waals surface area contributed by atoms with Crippen LogP contribution in [0.2, 0.25) is 5.02 Å². The number of anilines is 1. The SMILES string of the molecule is COCCN(CC(=O)Nc1cc(OC)c(Cl)cc1OC)Cc1ccco1. The van der Waals surface area contributed by atoms with Gasteiger partial charge in [-0.25, -0.2) is 0 Å². The molecule has 0 saturated heterocycles. The van der Waals surface area contributed by atoms with Crippen LogP contribution in [0.5, 0.6) is 11.5 Å². The fraction of sp³-hybridized carbons (Fsp3) is 0.389. The molecule has 0 radical (unpaired) electrons. The summed E-state index contributed by atoms with van der Waals surface area (Å²) < 4.78 is 20.9. The number of halogens is 1. The zero-order valence-electron chi connectivity index (χ0n) is 15.1. The van der Waals surface area contributed by atoms with Gasteiger partial charge in [0.15, 0.2) is 0 Å². The summed E-state index contributed by atoms with van der Waals surface area (Å²) in [6.45, 7) is 1.76. The lowest BCUT2D eigenvalue weighted by atomic mass is 10.2. The second-order valence-corrected chi connectivity index (χ2v) is 5.93. The highest BCUT2D eigenvalue weighted by Gasteiger charge is 2.16. The number of carbonyl (C=O) groups excluding carboxylic acids is 1. The van der Waals surface area contributed by atoms with E-state index in [-0.39, 0.29) is 12.5 Å². The first-order valence-electron chi connectivity index (χ1n) is 8.02. The Morgan fingerprint density at radius 2 is 2.00 bits per heavy atom. The van der Waals surface area contributed by atoms with Crippen molar-refractivity contribution < 1.29 is 23.4 Å². The van der Waals surface area contributed by atoms with E-state index in [0.717, 1.165) is 5.76 Å². The molecular formula is C18H23ClN2O5. The number of carbonyl (C=O) groups is 1. The van der Waals surface area contributed by atoms with Crippen molar-refractivity contribution in [2.75, 3.05) is 46.3 Å². The summed E-state index contributed by atoms with van der Waals surface area (Å²) in [5.74, 6) is 1.49. The molecule has 0 saturated carbocycles. The number of nitrogens with one attached hydrogen (secondary N) is 1. The molecule has 0 aliphatic carbocycles. The number of hydrogen-bond acceptors (Lipinski definition) is 6. The van der Waals surface area contributed by atoms with E-state index in [1.807, 2.05) is 17.0 Å². The average Bonchev–Trinajstić information content (AvgIpc) is 3.13. The molecule has 0 spiro atoms. The molecule has 0 unspecified atom stereocenters. The molecular weight excluding hydrogens is 360 g/mol. The molecule has 1 amide bonds. The van der Waals surface area contributed by atoms with Crippen LogP contribution >= 0.6 is 11.6 Å². The van der Waals surface area contributed by atoms with Crippen LogP contribution in [0.3, 0.4) is 0 Å². The molecule has 1 aromatic carbocycles. The number of ether oxygens (including phenoxy) is 3. The van der Waals surface area contributed by atoms with Gasteiger partial charge < -0.3 is 23.9 Å². The number of nitrogens with zero attached hydrogens (tertiary/aromatic N) is 1. The molecule has 1 heterocycles. The van der Waals surface area contributed by atoms with Gasteiger partial charge in [-0.05, 0) is 12.1 Å². The summed E-state index contributed by atoms with van der Waals surface area (Å²) in [4.78, 5) is 14.4. The quantitative estimate of drug-likeness (QED) is 0.681. The summed E-state index contributed by atoms with van der Waals surface area (Å²) in [6.07, 6.45) is 1.61. The van der Waals surface area contributed by atoms with Crippen LogP contribution in [0.25, 0.3) is 0 Å². The van der Waals surface area contributed by atoms with E-state index in [0.29, 0.717) is 41.9 Å². The number of rotatable bonds is 10. The highest BCUT2D eigenvalue weighted by Crippen LogP contribution is 2.35. The van der Waals surface area contributed by atoms with Gasteiger partial charge in [0.1, 0.15) is 17.3 Å². The fourth-order valence-electron chi connectivity index (χ4n) is 2.41. The zero-order valence-corrected chi connectivity index (χ0v) is 15.8. The van der Waals surface area contributed by atoms with Gasteiger partial charge in [-0.2, -0.15) is 0 Å². The third-order valence-corrected chi connectivity index (χ3v) is 3.98. The van der Waals surface area contributed by atoms with Gasteiger partial charge in [0, 0.05) is 25.8 Å². The average molecular weight is 383 g/mol. The molecule has 1 N–H and O–H groups in total. The highest BCUT2D eigenvalue weighted by atomic mass is 35.5. The van der Waals surface area contributed by atoms with Crippen molar-refractivity contribution in [3.63, 3.8) is 0 Å². The maximum Gasteiger partial charge on any atom is 0.238 e. The molecule has 1 aromatic heterocycles. The van der Waals surface area contributed by atoms with Gasteiger partial charge in [0.05, 0.1) is 50.9 Å². The highest BCUT2D eigenvalue weighted by molar-refractivity contribution is 6.32. The van der Waals surface area contributed by atoms with E-state index in [9.17, 15) is 4.79 Å². The van der Waals surface area contributed by atoms with E-state index in [1.165, 1.54) is 14.2 Å². The van der Waals surface area contributed by atoms with Crippen molar-refractivity contribution >= 4 is 23.2 Å². The second-order valence-electron chi connectivity index (χ2n) is 5.52. The normalized spacial score (nSPS) is 10.8. The largest absolute Gasteiger partial charge is 0.495 e. The summed E-state index contributed by atoms with van der Waals surface area (Å²) in [5, 5.41) is 3.24. The van der Waals surface area contributed by atoms with E-state index in [2.05, 4.69) is 5.32 Å². The standard InChI is InChI=1S/C18H23ClN2O5/c1-23-8-6-21(11-13-5-4-7-26-13)12-18(22)20-15-10-16(24-2)14(19)9-17(15)25-3/h4-5,7,9-10H,6,8,11-12H2,1-3H3,(H,20,22). The predicted octanol–water partition coefficient (Wildman–Crippen LogP) is 3.04. The molecule has 0 bridgehead atoms. The smallest absolute Gasteiger partial charge is 0.238 e. The minimum Gasteiger partial charge on any atom is -0.495 e. The van der Waals surface area contributed by atoms with E-state index < -0.39 is 0 Å². The Hall–Kier alpha value is -2.22. The van der Waals surface area contributed by atoms with E-state index in [1.54, 1.807) is 25.5 Å². The first-order chi connectivity index (χ1) is 12.6. The number of benzene rings is 1. The third-order valence-electron chi connectivity index (χ3n) is 3.69. The maximum absolute atomic E-state index is 12.5. The molecule has 0 fully saturated rings. The van der Waals surface area contributed by atoms with Gasteiger partial charge in [-0.3, -0.25) is 9.69 Å². The topological polar surface area (TPSA) is 73.2 Å². The first kappa shape index (κ1) is 20.1. The van der Waals surface area contributed by atoms with Crippen LogP contribution in [0.15, 0.2) is 34.9 Å². The van der Waals surface area contributed by atoms with Crippen molar-refractivity contribution in [2.45, 2.75) is 6.54 Å². The van der Waals surface area contributed by atoms with Crippen LogP contribution in [0.1, 0.15) is 5.76 Å². The van der Waals surface area contributed by atoms with Gasteiger partial charge in [0.2, 0.25) is 5.91 Å². The van der Waals surface area contributed by atoms with E-state index >= 15 is 0 Å². The van der Waals surface area contributed by atoms with Crippen molar-refractivity contribution in [3.8, 4) is 11.5 Å². The van der Waals surface area contributed by atoms with Gasteiger partial charge >= 0.3 is 0 Å². The molecule has 7 nitrogen and oxygen atoms in total. The minimum atomic E-state index is -0.199. The van der Waals surface area contributed by atoms with Crippen molar-refractivity contribution in [1.29, 1.82) is 0 Å².